The quantitative estimate of drug-likeness (QED) is 0.834. The summed E-state index contributed by atoms with van der Waals surface area (Å²) in [7, 11) is 0. The number of hydrogen-bond donors (Lipinski definition) is 2. The molecule has 4 N–H and O–H groups in total. The van der Waals surface area contributed by atoms with Crippen LogP contribution in [0.4, 0.5) is 11.4 Å². The molecule has 0 saturated heterocycles. The summed E-state index contributed by atoms with van der Waals surface area (Å²) in [4.78, 5) is 2.11. The largest absolute Gasteiger partial charge is 0.385 e. The molecule has 0 bridgehead atoms. The van der Waals surface area contributed by atoms with Crippen molar-refractivity contribution in [3.63, 3.8) is 0 Å². The highest BCUT2D eigenvalue weighted by atomic mass is 16.3. The average Bonchev–Trinajstić information content (AvgIpc) is 2.46. The first kappa shape index (κ1) is 12.6. The predicted molar refractivity (Wildman–Crippen MR) is 73.7 cm³/mol. The Morgan fingerprint density at radius 3 is 1.72 bits per heavy atom. The Labute approximate surface area is 107 Å². The Morgan fingerprint density at radius 1 is 0.889 bits per heavy atom. The van der Waals surface area contributed by atoms with Crippen molar-refractivity contribution in [2.45, 2.75) is 6.10 Å². The number of quaternary nitrogens is 1. The van der Waals surface area contributed by atoms with E-state index in [9.17, 15) is 5.11 Å². The maximum absolute atomic E-state index is 9.85. The molecule has 0 aliphatic rings. The van der Waals surface area contributed by atoms with Crippen LogP contribution in [0.5, 0.6) is 0 Å². The van der Waals surface area contributed by atoms with Gasteiger partial charge in [0.15, 0.2) is 0 Å². The number of para-hydroxylation sites is 2. The molecule has 0 saturated carbocycles. The highest BCUT2D eigenvalue weighted by molar-refractivity contribution is 5.62. The fraction of sp³-hybridized carbons (Fsp3) is 0.200. The van der Waals surface area contributed by atoms with Gasteiger partial charge in [-0.1, -0.05) is 36.4 Å². The van der Waals surface area contributed by atoms with Crippen molar-refractivity contribution in [1.82, 2.24) is 0 Å². The van der Waals surface area contributed by atoms with Crippen molar-refractivity contribution in [3.8, 4) is 0 Å². The van der Waals surface area contributed by atoms with Crippen LogP contribution >= 0.6 is 0 Å². The summed E-state index contributed by atoms with van der Waals surface area (Å²) in [5, 5.41) is 9.85. The lowest BCUT2D eigenvalue weighted by molar-refractivity contribution is -0.382. The van der Waals surface area contributed by atoms with E-state index in [4.69, 9.17) is 0 Å². The van der Waals surface area contributed by atoms with Gasteiger partial charge in [-0.15, -0.1) is 0 Å². The molecule has 0 aliphatic heterocycles. The van der Waals surface area contributed by atoms with Crippen molar-refractivity contribution in [2.75, 3.05) is 18.0 Å². The highest BCUT2D eigenvalue weighted by Crippen LogP contribution is 2.24. The molecule has 0 aliphatic carbocycles. The molecule has 0 heterocycles. The molecule has 3 heteroatoms. The van der Waals surface area contributed by atoms with Gasteiger partial charge in [-0.3, -0.25) is 0 Å². The number of rotatable bonds is 5. The maximum atomic E-state index is 9.85. The van der Waals surface area contributed by atoms with Crippen molar-refractivity contribution in [2.24, 2.45) is 0 Å². The highest BCUT2D eigenvalue weighted by Gasteiger charge is 2.13. The first-order chi connectivity index (χ1) is 8.81. The lowest BCUT2D eigenvalue weighted by Crippen LogP contribution is -2.57. The van der Waals surface area contributed by atoms with E-state index >= 15 is 0 Å². The van der Waals surface area contributed by atoms with Gasteiger partial charge >= 0.3 is 0 Å². The molecule has 94 valence electrons. The fourth-order valence-electron chi connectivity index (χ4n) is 1.88. The molecule has 1 atom stereocenters. The van der Waals surface area contributed by atoms with Crippen LogP contribution in [0, 0.1) is 0 Å². The minimum atomic E-state index is -0.426. The van der Waals surface area contributed by atoms with Gasteiger partial charge in [0.1, 0.15) is 12.6 Å². The second-order valence-corrected chi connectivity index (χ2v) is 4.22. The molecule has 0 unspecified atom stereocenters. The molecule has 0 amide bonds. The van der Waals surface area contributed by atoms with Crippen molar-refractivity contribution in [1.29, 1.82) is 0 Å². The third-order valence-electron chi connectivity index (χ3n) is 2.86. The van der Waals surface area contributed by atoms with Gasteiger partial charge in [-0.05, 0) is 24.3 Å². The number of aliphatic hydroxyl groups excluding tert-OH is 1. The summed E-state index contributed by atoms with van der Waals surface area (Å²) in [5.41, 5.74) is 5.91. The van der Waals surface area contributed by atoms with E-state index in [1.807, 2.05) is 60.7 Å². The Bertz CT molecular complexity index is 419. The van der Waals surface area contributed by atoms with Crippen molar-refractivity contribution >= 4 is 11.4 Å². The smallest absolute Gasteiger partial charge is 0.120 e. The van der Waals surface area contributed by atoms with Crippen LogP contribution < -0.4 is 10.6 Å². The van der Waals surface area contributed by atoms with Crippen LogP contribution in [0.1, 0.15) is 0 Å². The standard InChI is InChI=1S/C15H18N2O/c16-11-15(18)12-17(13-7-3-1-4-8-13)14-9-5-2-6-10-14/h1-10,15,18H,11-12,16H2/p+1/t15-/m1/s1. The normalized spacial score (nSPS) is 12.1. The van der Waals surface area contributed by atoms with Crippen molar-refractivity contribution in [3.05, 3.63) is 60.7 Å². The first-order valence-electron chi connectivity index (χ1n) is 6.16. The van der Waals surface area contributed by atoms with Crippen LogP contribution in [-0.2, 0) is 0 Å². The molecule has 3 nitrogen and oxygen atoms in total. The van der Waals surface area contributed by atoms with E-state index in [-0.39, 0.29) is 0 Å². The number of nitrogens with zero attached hydrogens (tertiary/aromatic N) is 1. The van der Waals surface area contributed by atoms with Gasteiger partial charge in [-0.25, -0.2) is 0 Å². The molecule has 0 spiro atoms. The predicted octanol–water partition coefficient (Wildman–Crippen LogP) is 1.43. The van der Waals surface area contributed by atoms with Gasteiger partial charge < -0.3 is 15.7 Å². The van der Waals surface area contributed by atoms with Crippen LogP contribution in [0.25, 0.3) is 0 Å². The van der Waals surface area contributed by atoms with Gasteiger partial charge in [0.25, 0.3) is 0 Å². The van der Waals surface area contributed by atoms with Gasteiger partial charge in [0.2, 0.25) is 0 Å². The number of benzene rings is 2. The van der Waals surface area contributed by atoms with E-state index in [2.05, 4.69) is 10.6 Å². The molecular formula is C15H19N2O+. The number of aliphatic hydroxyl groups is 1. The third-order valence-corrected chi connectivity index (χ3v) is 2.86. The zero-order valence-corrected chi connectivity index (χ0v) is 10.4. The topological polar surface area (TPSA) is 51.1 Å². The molecule has 2 aromatic carbocycles. The SMILES string of the molecule is [NH3+]C[C@@H](O)CN(c1ccccc1)c1ccccc1. The Kier molecular flexibility index (Phi) is 4.34. The minimum Gasteiger partial charge on any atom is -0.385 e. The summed E-state index contributed by atoms with van der Waals surface area (Å²) in [5.74, 6) is 0. The number of anilines is 2. The molecule has 2 aromatic rings. The fourth-order valence-corrected chi connectivity index (χ4v) is 1.88. The van der Waals surface area contributed by atoms with Crippen LogP contribution in [0.15, 0.2) is 60.7 Å². The first-order valence-corrected chi connectivity index (χ1v) is 6.16. The van der Waals surface area contributed by atoms with Gasteiger partial charge in [0, 0.05) is 11.4 Å². The molecule has 18 heavy (non-hydrogen) atoms. The summed E-state index contributed by atoms with van der Waals surface area (Å²) in [6, 6.07) is 20.2. The lowest BCUT2D eigenvalue weighted by atomic mass is 10.2. The van der Waals surface area contributed by atoms with Crippen LogP contribution in [0.3, 0.4) is 0 Å². The maximum Gasteiger partial charge on any atom is 0.120 e. The zero-order chi connectivity index (χ0) is 12.8. The molecule has 2 rings (SSSR count). The number of hydrogen-bond acceptors (Lipinski definition) is 2. The Hall–Kier alpha value is -1.84. The lowest BCUT2D eigenvalue weighted by Gasteiger charge is -2.26. The molecular weight excluding hydrogens is 224 g/mol. The summed E-state index contributed by atoms with van der Waals surface area (Å²) >= 11 is 0. The van der Waals surface area contributed by atoms with Gasteiger partial charge in [0.05, 0.1) is 6.54 Å². The second kappa shape index (κ2) is 6.19. The second-order valence-electron chi connectivity index (χ2n) is 4.22. The average molecular weight is 243 g/mol. The van der Waals surface area contributed by atoms with E-state index < -0.39 is 6.10 Å². The summed E-state index contributed by atoms with van der Waals surface area (Å²) < 4.78 is 0. The Balaban J connectivity index is 2.29. The monoisotopic (exact) mass is 243 g/mol. The van der Waals surface area contributed by atoms with Gasteiger partial charge in [-0.2, -0.15) is 0 Å². The van der Waals surface area contributed by atoms with E-state index in [1.54, 1.807) is 0 Å². The van der Waals surface area contributed by atoms with Crippen LogP contribution in [-0.4, -0.2) is 24.3 Å². The van der Waals surface area contributed by atoms with E-state index in [0.29, 0.717) is 13.1 Å². The third kappa shape index (κ3) is 3.09. The Morgan fingerprint density at radius 2 is 1.33 bits per heavy atom. The molecule has 0 fully saturated rings. The van der Waals surface area contributed by atoms with Crippen molar-refractivity contribution < 1.29 is 10.8 Å². The minimum absolute atomic E-state index is 0.426. The molecule has 0 aromatic heterocycles. The van der Waals surface area contributed by atoms with E-state index in [0.717, 1.165) is 11.4 Å². The molecule has 0 radical (unpaired) electrons. The van der Waals surface area contributed by atoms with Crippen LogP contribution in [0.2, 0.25) is 0 Å². The van der Waals surface area contributed by atoms with E-state index in [1.165, 1.54) is 0 Å². The summed E-state index contributed by atoms with van der Waals surface area (Å²) in [6.45, 7) is 1.06. The zero-order valence-electron chi connectivity index (χ0n) is 10.4. The summed E-state index contributed by atoms with van der Waals surface area (Å²) in [6.07, 6.45) is -0.426.